The molecule has 0 radical (unpaired) electrons. The van der Waals surface area contributed by atoms with Crippen LogP contribution in [-0.2, 0) is 17.8 Å². The van der Waals surface area contributed by atoms with E-state index >= 15 is 0 Å². The minimum atomic E-state index is -0.722. The first kappa shape index (κ1) is 19.2. The predicted molar refractivity (Wildman–Crippen MR) is 105 cm³/mol. The number of carbonyl (C=O) groups excluding carboxylic acids is 1. The molecule has 6 nitrogen and oxygen atoms in total. The molecule has 0 bridgehead atoms. The molecule has 2 heterocycles. The van der Waals surface area contributed by atoms with Gasteiger partial charge < -0.3 is 4.90 Å². The van der Waals surface area contributed by atoms with E-state index in [1.54, 1.807) is 47.0 Å². The van der Waals surface area contributed by atoms with E-state index in [0.717, 1.165) is 6.07 Å². The van der Waals surface area contributed by atoms with Crippen molar-refractivity contribution < 1.29 is 13.6 Å². The van der Waals surface area contributed by atoms with Gasteiger partial charge in [-0.15, -0.1) is 10.2 Å². The number of nitriles is 1. The maximum absolute atomic E-state index is 13.7. The molecule has 0 N–H and O–H groups in total. The molecule has 1 amide bonds. The molecule has 0 saturated heterocycles. The van der Waals surface area contributed by atoms with Crippen LogP contribution < -0.4 is 4.90 Å². The molecule has 2 aromatic heterocycles. The van der Waals surface area contributed by atoms with Crippen LogP contribution in [0.2, 0.25) is 0 Å². The van der Waals surface area contributed by atoms with Crippen molar-refractivity contribution in [3.63, 3.8) is 0 Å². The van der Waals surface area contributed by atoms with Crippen molar-refractivity contribution in [2.75, 3.05) is 4.90 Å². The molecule has 8 heteroatoms. The summed E-state index contributed by atoms with van der Waals surface area (Å²) in [5, 5.41) is 17.1. The topological polar surface area (TPSA) is 74.3 Å². The van der Waals surface area contributed by atoms with Crippen molar-refractivity contribution in [3.05, 3.63) is 95.4 Å². The molecule has 30 heavy (non-hydrogen) atoms. The van der Waals surface area contributed by atoms with E-state index in [4.69, 9.17) is 5.26 Å². The largest absolute Gasteiger partial charge is 0.308 e. The van der Waals surface area contributed by atoms with Gasteiger partial charge in [0, 0.05) is 18.0 Å². The summed E-state index contributed by atoms with van der Waals surface area (Å²) in [7, 11) is 0. The lowest BCUT2D eigenvalue weighted by Gasteiger charge is -2.23. The molecule has 0 fully saturated rings. The van der Waals surface area contributed by atoms with E-state index in [1.807, 2.05) is 12.1 Å². The van der Waals surface area contributed by atoms with Gasteiger partial charge in [0.15, 0.2) is 5.65 Å². The van der Waals surface area contributed by atoms with E-state index in [2.05, 4.69) is 10.2 Å². The minimum absolute atomic E-state index is 0.0455. The number of anilines is 1. The summed E-state index contributed by atoms with van der Waals surface area (Å²) >= 11 is 0. The van der Waals surface area contributed by atoms with Crippen LogP contribution in [0.4, 0.5) is 14.5 Å². The highest BCUT2D eigenvalue weighted by Crippen LogP contribution is 2.21. The monoisotopic (exact) mass is 403 g/mol. The zero-order valence-corrected chi connectivity index (χ0v) is 15.7. The third-order valence-corrected chi connectivity index (χ3v) is 4.57. The van der Waals surface area contributed by atoms with Crippen molar-refractivity contribution in [2.45, 2.75) is 13.0 Å². The lowest BCUT2D eigenvalue weighted by Crippen LogP contribution is -2.32. The van der Waals surface area contributed by atoms with Crippen molar-refractivity contribution >= 4 is 17.2 Å². The summed E-state index contributed by atoms with van der Waals surface area (Å²) < 4.78 is 29.0. The number of nitrogens with zero attached hydrogens (tertiary/aromatic N) is 5. The molecular formula is C22H15F2N5O. The summed E-state index contributed by atoms with van der Waals surface area (Å²) in [6.45, 7) is -0.0455. The van der Waals surface area contributed by atoms with Crippen LogP contribution in [0.1, 0.15) is 17.0 Å². The number of rotatable bonds is 5. The minimum Gasteiger partial charge on any atom is -0.308 e. The fourth-order valence-electron chi connectivity index (χ4n) is 3.17. The highest BCUT2D eigenvalue weighted by molar-refractivity contribution is 5.94. The maximum Gasteiger partial charge on any atom is 0.234 e. The van der Waals surface area contributed by atoms with Crippen LogP contribution in [0.25, 0.3) is 5.65 Å². The first-order valence-electron chi connectivity index (χ1n) is 9.07. The zero-order chi connectivity index (χ0) is 21.1. The summed E-state index contributed by atoms with van der Waals surface area (Å²) in [6, 6.07) is 16.9. The number of aromatic nitrogens is 3. The van der Waals surface area contributed by atoms with E-state index in [0.29, 0.717) is 28.3 Å². The van der Waals surface area contributed by atoms with Gasteiger partial charge in [-0.25, -0.2) is 8.78 Å². The quantitative estimate of drug-likeness (QED) is 0.510. The Morgan fingerprint density at radius 2 is 1.77 bits per heavy atom. The first-order chi connectivity index (χ1) is 14.5. The Hall–Kier alpha value is -4.12. The van der Waals surface area contributed by atoms with E-state index < -0.39 is 11.6 Å². The second-order valence-corrected chi connectivity index (χ2v) is 6.64. The third-order valence-electron chi connectivity index (χ3n) is 4.57. The fourth-order valence-corrected chi connectivity index (χ4v) is 3.17. The molecular weight excluding hydrogens is 388 g/mol. The van der Waals surface area contributed by atoms with E-state index in [-0.39, 0.29) is 18.9 Å². The summed E-state index contributed by atoms with van der Waals surface area (Å²) in [6.07, 6.45) is 1.69. The summed E-state index contributed by atoms with van der Waals surface area (Å²) in [4.78, 5) is 14.6. The van der Waals surface area contributed by atoms with Gasteiger partial charge in [0.25, 0.3) is 0 Å². The number of hydrogen-bond donors (Lipinski definition) is 0. The Labute approximate surface area is 170 Å². The molecule has 148 valence electrons. The molecule has 0 aliphatic carbocycles. The Morgan fingerprint density at radius 1 is 1.03 bits per heavy atom. The van der Waals surface area contributed by atoms with Crippen LogP contribution in [0, 0.1) is 23.0 Å². The molecule has 0 aliphatic rings. The van der Waals surface area contributed by atoms with E-state index in [9.17, 15) is 13.6 Å². The van der Waals surface area contributed by atoms with Gasteiger partial charge in [0.1, 0.15) is 17.5 Å². The third kappa shape index (κ3) is 4.00. The second-order valence-electron chi connectivity index (χ2n) is 6.64. The molecule has 4 aromatic rings. The highest BCUT2D eigenvalue weighted by atomic mass is 19.1. The number of carbonyl (C=O) groups is 1. The van der Waals surface area contributed by atoms with Crippen molar-refractivity contribution in [1.29, 1.82) is 5.26 Å². The summed E-state index contributed by atoms with van der Waals surface area (Å²) in [5.74, 6) is -1.33. The number of benzene rings is 2. The molecule has 0 unspecified atom stereocenters. The van der Waals surface area contributed by atoms with Gasteiger partial charge in [0.2, 0.25) is 5.91 Å². The maximum atomic E-state index is 13.7. The van der Waals surface area contributed by atoms with Gasteiger partial charge in [-0.3, -0.25) is 9.20 Å². The fraction of sp³-hybridized carbons (Fsp3) is 0.0909. The van der Waals surface area contributed by atoms with Crippen LogP contribution in [0.3, 0.4) is 0 Å². The van der Waals surface area contributed by atoms with Crippen LogP contribution in [0.15, 0.2) is 66.9 Å². The average molecular weight is 403 g/mol. The van der Waals surface area contributed by atoms with Crippen LogP contribution in [-0.4, -0.2) is 20.5 Å². The number of halogens is 2. The smallest absolute Gasteiger partial charge is 0.234 e. The van der Waals surface area contributed by atoms with Crippen molar-refractivity contribution in [3.8, 4) is 6.07 Å². The number of fused-ring (bicyclic) bond motifs is 1. The molecule has 4 rings (SSSR count). The van der Waals surface area contributed by atoms with Crippen LogP contribution in [0.5, 0.6) is 0 Å². The number of hydrogen-bond acceptors (Lipinski definition) is 4. The normalized spacial score (nSPS) is 10.7. The molecule has 0 aliphatic heterocycles. The van der Waals surface area contributed by atoms with Crippen LogP contribution >= 0.6 is 0 Å². The van der Waals surface area contributed by atoms with Gasteiger partial charge >= 0.3 is 0 Å². The predicted octanol–water partition coefficient (Wildman–Crippen LogP) is 3.66. The zero-order valence-electron chi connectivity index (χ0n) is 15.7. The van der Waals surface area contributed by atoms with Gasteiger partial charge in [-0.2, -0.15) is 5.26 Å². The molecule has 0 spiro atoms. The lowest BCUT2D eigenvalue weighted by molar-refractivity contribution is -0.118. The first-order valence-corrected chi connectivity index (χ1v) is 9.07. The number of pyridine rings is 1. The Morgan fingerprint density at radius 3 is 2.47 bits per heavy atom. The van der Waals surface area contributed by atoms with Gasteiger partial charge in [-0.05, 0) is 54.1 Å². The molecule has 2 aromatic carbocycles. The van der Waals surface area contributed by atoms with E-state index in [1.165, 1.54) is 17.0 Å². The second kappa shape index (κ2) is 8.09. The van der Waals surface area contributed by atoms with Gasteiger partial charge in [-0.1, -0.05) is 6.07 Å². The van der Waals surface area contributed by atoms with Gasteiger partial charge in [0.05, 0.1) is 24.6 Å². The highest BCUT2D eigenvalue weighted by Gasteiger charge is 2.20. The lowest BCUT2D eigenvalue weighted by atomic mass is 10.1. The van der Waals surface area contributed by atoms with Crippen molar-refractivity contribution in [2.24, 2.45) is 0 Å². The molecule has 0 saturated carbocycles. The van der Waals surface area contributed by atoms with Crippen molar-refractivity contribution in [1.82, 2.24) is 14.6 Å². The number of amides is 1. The Bertz CT molecular complexity index is 1240. The Balaban J connectivity index is 1.68. The average Bonchev–Trinajstić information content (AvgIpc) is 3.14. The summed E-state index contributed by atoms with van der Waals surface area (Å²) in [5.41, 5.74) is 1.85. The molecule has 0 atom stereocenters. The SMILES string of the molecule is N#Cc1ccc(N(Cc2cc(F)cc(F)c2)C(=O)Cc2nnc3ccccn23)cc1. The standard InChI is InChI=1S/C22H15F2N5O/c23-17-9-16(10-18(24)11-17)14-29(19-6-4-15(13-25)5-7-19)22(30)12-21-27-26-20-3-1-2-8-28(20)21/h1-11H,12,14H2. The Kier molecular flexibility index (Phi) is 5.18.